The van der Waals surface area contributed by atoms with E-state index in [2.05, 4.69) is 10.5 Å². The number of methoxy groups -OCH3 is 1. The summed E-state index contributed by atoms with van der Waals surface area (Å²) in [5, 5.41) is 4.21. The van der Waals surface area contributed by atoms with Crippen molar-refractivity contribution in [2.45, 2.75) is 12.0 Å². The molecule has 1 N–H and O–H groups in total. The highest BCUT2D eigenvalue weighted by Gasteiger charge is 2.38. The molecular formula is C17H16N2O2. The maximum Gasteiger partial charge on any atom is 0.354 e. The molecule has 3 rings (SSSR count). The molecule has 0 aromatic heterocycles. The summed E-state index contributed by atoms with van der Waals surface area (Å²) >= 11 is 0. The first-order valence-corrected chi connectivity index (χ1v) is 6.82. The van der Waals surface area contributed by atoms with Crippen molar-refractivity contribution in [3.05, 3.63) is 71.8 Å². The summed E-state index contributed by atoms with van der Waals surface area (Å²) in [6.45, 7) is 0. The van der Waals surface area contributed by atoms with Crippen LogP contribution in [0, 0.1) is 0 Å². The van der Waals surface area contributed by atoms with E-state index in [4.69, 9.17) is 4.74 Å². The van der Waals surface area contributed by atoms with Crippen molar-refractivity contribution < 1.29 is 9.53 Å². The first-order valence-electron chi connectivity index (χ1n) is 6.82. The van der Waals surface area contributed by atoms with Crippen LogP contribution in [0.15, 0.2) is 65.8 Å². The summed E-state index contributed by atoms with van der Waals surface area (Å²) < 4.78 is 4.86. The van der Waals surface area contributed by atoms with Gasteiger partial charge in [0, 0.05) is 0 Å². The third kappa shape index (κ3) is 2.52. The van der Waals surface area contributed by atoms with Crippen LogP contribution in [-0.4, -0.2) is 18.8 Å². The lowest BCUT2D eigenvalue weighted by molar-refractivity contribution is -0.132. The number of hydrogen-bond acceptors (Lipinski definition) is 4. The molecular weight excluding hydrogens is 264 g/mol. The Morgan fingerprint density at radius 2 is 1.57 bits per heavy atom. The molecule has 0 unspecified atom stereocenters. The van der Waals surface area contributed by atoms with Gasteiger partial charge in [0.2, 0.25) is 0 Å². The van der Waals surface area contributed by atoms with Crippen LogP contribution in [0.2, 0.25) is 0 Å². The molecule has 0 amide bonds. The summed E-state index contributed by atoms with van der Waals surface area (Å²) in [5.41, 5.74) is 5.62. The van der Waals surface area contributed by atoms with E-state index >= 15 is 0 Å². The van der Waals surface area contributed by atoms with Crippen molar-refractivity contribution >= 4 is 11.7 Å². The van der Waals surface area contributed by atoms with Gasteiger partial charge in [-0.3, -0.25) is 0 Å². The normalized spacial score (nSPS) is 20.5. The van der Waals surface area contributed by atoms with Gasteiger partial charge in [0.05, 0.1) is 19.1 Å². The summed E-state index contributed by atoms with van der Waals surface area (Å²) in [6, 6.07) is 19.8. The molecule has 0 radical (unpaired) electrons. The molecule has 106 valence electrons. The van der Waals surface area contributed by atoms with Gasteiger partial charge in [-0.2, -0.15) is 5.10 Å². The van der Waals surface area contributed by atoms with E-state index in [1.807, 2.05) is 60.7 Å². The maximum atomic E-state index is 12.0. The Kier molecular flexibility index (Phi) is 3.69. The molecule has 4 nitrogen and oxygen atoms in total. The molecule has 0 bridgehead atoms. The van der Waals surface area contributed by atoms with Crippen LogP contribution >= 0.6 is 0 Å². The second-order valence-corrected chi connectivity index (χ2v) is 4.89. The van der Waals surface area contributed by atoms with E-state index < -0.39 is 5.97 Å². The molecule has 4 heteroatoms. The summed E-state index contributed by atoms with van der Waals surface area (Å²) in [7, 11) is 1.38. The molecule has 2 aromatic rings. The van der Waals surface area contributed by atoms with E-state index in [-0.39, 0.29) is 12.0 Å². The van der Waals surface area contributed by atoms with Crippen molar-refractivity contribution in [2.24, 2.45) is 5.10 Å². The highest BCUT2D eigenvalue weighted by molar-refractivity contribution is 6.39. The minimum atomic E-state index is -0.394. The van der Waals surface area contributed by atoms with E-state index in [0.29, 0.717) is 5.71 Å². The lowest BCUT2D eigenvalue weighted by Gasteiger charge is -2.20. The van der Waals surface area contributed by atoms with Crippen LogP contribution in [-0.2, 0) is 9.53 Å². The van der Waals surface area contributed by atoms with Gasteiger partial charge >= 0.3 is 5.97 Å². The molecule has 2 aromatic carbocycles. The summed E-state index contributed by atoms with van der Waals surface area (Å²) in [4.78, 5) is 12.0. The molecule has 0 saturated heterocycles. The van der Waals surface area contributed by atoms with Gasteiger partial charge in [-0.15, -0.1) is 0 Å². The first-order chi connectivity index (χ1) is 10.3. The second kappa shape index (κ2) is 5.79. The van der Waals surface area contributed by atoms with Crippen LogP contribution in [0.3, 0.4) is 0 Å². The Morgan fingerprint density at radius 1 is 1.00 bits per heavy atom. The van der Waals surface area contributed by atoms with Crippen LogP contribution in [0.4, 0.5) is 0 Å². The molecule has 0 spiro atoms. The van der Waals surface area contributed by atoms with Crippen molar-refractivity contribution in [1.29, 1.82) is 0 Å². The smallest absolute Gasteiger partial charge is 0.354 e. The fourth-order valence-corrected chi connectivity index (χ4v) is 2.66. The van der Waals surface area contributed by atoms with Crippen LogP contribution < -0.4 is 5.43 Å². The lowest BCUT2D eigenvalue weighted by atomic mass is 9.85. The van der Waals surface area contributed by atoms with Crippen molar-refractivity contribution in [3.8, 4) is 0 Å². The summed E-state index contributed by atoms with van der Waals surface area (Å²) in [6.07, 6.45) is 0. The molecule has 21 heavy (non-hydrogen) atoms. The topological polar surface area (TPSA) is 50.7 Å². The molecule has 0 aliphatic carbocycles. The van der Waals surface area contributed by atoms with Crippen molar-refractivity contribution in [1.82, 2.24) is 5.43 Å². The number of benzene rings is 2. The third-order valence-corrected chi connectivity index (χ3v) is 3.66. The van der Waals surface area contributed by atoms with Crippen LogP contribution in [0.5, 0.6) is 0 Å². The number of ether oxygens (including phenoxy) is 1. The number of nitrogens with zero attached hydrogens (tertiary/aromatic N) is 1. The Balaban J connectivity index is 2.01. The average Bonchev–Trinajstić information content (AvgIpc) is 3.00. The largest absolute Gasteiger partial charge is 0.464 e. The van der Waals surface area contributed by atoms with Gasteiger partial charge in [-0.05, 0) is 11.1 Å². The zero-order valence-corrected chi connectivity index (χ0v) is 11.7. The zero-order chi connectivity index (χ0) is 14.7. The van der Waals surface area contributed by atoms with Gasteiger partial charge in [-0.1, -0.05) is 60.7 Å². The fourth-order valence-electron chi connectivity index (χ4n) is 2.66. The Labute approximate surface area is 123 Å². The molecule has 1 aliphatic rings. The predicted octanol–water partition coefficient (Wildman–Crippen LogP) is 2.64. The Hall–Kier alpha value is -2.62. The molecule has 2 atom stereocenters. The zero-order valence-electron chi connectivity index (χ0n) is 11.7. The second-order valence-electron chi connectivity index (χ2n) is 4.89. The SMILES string of the molecule is COC(=O)C1=NN[C@@H](c2ccccc2)[C@H]1c1ccccc1. The predicted molar refractivity (Wildman–Crippen MR) is 81.0 cm³/mol. The third-order valence-electron chi connectivity index (χ3n) is 3.66. The van der Waals surface area contributed by atoms with Gasteiger partial charge in [-0.25, -0.2) is 4.79 Å². The van der Waals surface area contributed by atoms with Gasteiger partial charge < -0.3 is 10.2 Å². The van der Waals surface area contributed by atoms with E-state index in [1.165, 1.54) is 7.11 Å². The first kappa shape index (κ1) is 13.4. The molecule has 0 saturated carbocycles. The van der Waals surface area contributed by atoms with Crippen molar-refractivity contribution in [3.63, 3.8) is 0 Å². The Morgan fingerprint density at radius 3 is 2.14 bits per heavy atom. The Bertz CT molecular complexity index is 653. The quantitative estimate of drug-likeness (QED) is 0.879. The maximum absolute atomic E-state index is 12.0. The monoisotopic (exact) mass is 280 g/mol. The number of nitrogens with one attached hydrogen (secondary N) is 1. The highest BCUT2D eigenvalue weighted by Crippen LogP contribution is 2.36. The number of esters is 1. The highest BCUT2D eigenvalue weighted by atomic mass is 16.5. The fraction of sp³-hybridized carbons (Fsp3) is 0.176. The number of hydrogen-bond donors (Lipinski definition) is 1. The van der Waals surface area contributed by atoms with E-state index in [9.17, 15) is 4.79 Å². The van der Waals surface area contributed by atoms with Gasteiger partial charge in [0.1, 0.15) is 0 Å². The van der Waals surface area contributed by atoms with Gasteiger partial charge in [0.25, 0.3) is 0 Å². The summed E-state index contributed by atoms with van der Waals surface area (Å²) in [5.74, 6) is -0.546. The molecule has 0 fully saturated rings. The minimum Gasteiger partial charge on any atom is -0.464 e. The lowest BCUT2D eigenvalue weighted by Crippen LogP contribution is -2.25. The van der Waals surface area contributed by atoms with Crippen LogP contribution in [0.1, 0.15) is 23.1 Å². The number of rotatable bonds is 3. The molecule has 1 heterocycles. The van der Waals surface area contributed by atoms with Crippen molar-refractivity contribution in [2.75, 3.05) is 7.11 Å². The standard InChI is InChI=1S/C17H16N2O2/c1-21-17(20)16-14(12-8-4-2-5-9-12)15(18-19-16)13-10-6-3-7-11-13/h2-11,14-15,18H,1H3/t14-,15+/m1/s1. The number of carbonyl (C=O) groups is 1. The minimum absolute atomic E-state index is 0.0669. The van der Waals surface area contributed by atoms with E-state index in [1.54, 1.807) is 0 Å². The van der Waals surface area contributed by atoms with Gasteiger partial charge in [0.15, 0.2) is 5.71 Å². The number of hydrazone groups is 1. The number of carbonyl (C=O) groups excluding carboxylic acids is 1. The van der Waals surface area contributed by atoms with Crippen LogP contribution in [0.25, 0.3) is 0 Å². The average molecular weight is 280 g/mol. The van der Waals surface area contributed by atoms with E-state index in [0.717, 1.165) is 11.1 Å². The molecule has 1 aliphatic heterocycles.